The summed E-state index contributed by atoms with van der Waals surface area (Å²) in [5.41, 5.74) is 2.46. The first-order chi connectivity index (χ1) is 17.7. The molecule has 1 saturated heterocycles. The zero-order chi connectivity index (χ0) is 26.6. The van der Waals surface area contributed by atoms with Crippen molar-refractivity contribution < 1.29 is 23.9 Å². The van der Waals surface area contributed by atoms with Gasteiger partial charge in [0.05, 0.1) is 6.61 Å². The highest BCUT2D eigenvalue weighted by atomic mass is 127. The minimum absolute atomic E-state index is 0.142. The van der Waals surface area contributed by atoms with E-state index in [4.69, 9.17) is 44.3 Å². The molecule has 3 atom stereocenters. The first-order valence-electron chi connectivity index (χ1n) is 11.2. The Morgan fingerprint density at radius 1 is 1.11 bits per heavy atom. The average Bonchev–Trinajstić information content (AvgIpc) is 2.90. The van der Waals surface area contributed by atoms with Crippen molar-refractivity contribution in [2.45, 2.75) is 27.9 Å². The van der Waals surface area contributed by atoms with E-state index < -0.39 is 45.7 Å². The van der Waals surface area contributed by atoms with Crippen LogP contribution in [0.2, 0.25) is 0 Å². The topological polar surface area (TPSA) is 84.9 Å². The molecule has 0 radical (unpaired) electrons. The number of esters is 1. The van der Waals surface area contributed by atoms with Gasteiger partial charge in [0.25, 0.3) is 11.8 Å². The molecule has 2 aromatic rings. The minimum Gasteiger partial charge on any atom is -0.456 e. The maximum absolute atomic E-state index is 13.4. The van der Waals surface area contributed by atoms with Crippen LogP contribution in [0.1, 0.15) is 17.2 Å². The predicted octanol–water partition coefficient (Wildman–Crippen LogP) is 4.95. The Balaban J connectivity index is 1.48. The fraction of sp³-hybridized carbons (Fsp3) is 0.320. The summed E-state index contributed by atoms with van der Waals surface area (Å²) in [5, 5.41) is 2.36. The number of halogens is 4. The highest BCUT2D eigenvalue weighted by molar-refractivity contribution is 14.1. The molecule has 0 saturated carbocycles. The van der Waals surface area contributed by atoms with Crippen LogP contribution in [0.4, 0.5) is 0 Å². The van der Waals surface area contributed by atoms with E-state index in [1.165, 1.54) is 16.7 Å². The summed E-state index contributed by atoms with van der Waals surface area (Å²) in [6.07, 6.45) is -0.925. The second kappa shape index (κ2) is 12.6. The summed E-state index contributed by atoms with van der Waals surface area (Å²) in [7, 11) is 0. The molecule has 1 N–H and O–H groups in total. The number of amides is 2. The molecule has 0 aromatic heterocycles. The van der Waals surface area contributed by atoms with Gasteiger partial charge >= 0.3 is 5.97 Å². The second-order valence-electron chi connectivity index (χ2n) is 8.26. The molecule has 4 rings (SSSR count). The summed E-state index contributed by atoms with van der Waals surface area (Å²) in [4.78, 5) is 40.7. The Hall–Kier alpha value is -1.50. The maximum atomic E-state index is 13.4. The molecule has 2 aromatic carbocycles. The van der Waals surface area contributed by atoms with E-state index in [1.54, 1.807) is 12.1 Å². The lowest BCUT2D eigenvalue weighted by molar-refractivity contribution is -0.154. The summed E-state index contributed by atoms with van der Waals surface area (Å²) < 4.78 is 9.91. The van der Waals surface area contributed by atoms with Crippen LogP contribution in [0, 0.1) is 0 Å². The number of alkyl halides is 4. The molecule has 7 nitrogen and oxygen atoms in total. The minimum atomic E-state index is -1.77. The highest BCUT2D eigenvalue weighted by Gasteiger charge is 2.54. The van der Waals surface area contributed by atoms with Gasteiger partial charge in [-0.05, 0) is 16.7 Å². The maximum Gasteiger partial charge on any atom is 0.355 e. The summed E-state index contributed by atoms with van der Waals surface area (Å²) in [6.45, 7) is -0.232. The lowest BCUT2D eigenvalue weighted by Crippen LogP contribution is -2.71. The molecule has 2 heterocycles. The average molecular weight is 696 g/mol. The fourth-order valence-electron chi connectivity index (χ4n) is 3.92. The first kappa shape index (κ1) is 28.5. The number of benzene rings is 2. The number of nitrogens with one attached hydrogen (secondary N) is 1. The van der Waals surface area contributed by atoms with Crippen LogP contribution in [0.5, 0.6) is 0 Å². The lowest BCUT2D eigenvalue weighted by atomic mass is 10.0. The SMILES string of the molecule is O=C(OCC(Cl)(Cl)Cl)C1=C(CI)CS[C@H]2C(NC(=O)C(OCc3ccccc3)c3ccccc3)C(=O)N12. The van der Waals surface area contributed by atoms with E-state index in [9.17, 15) is 14.4 Å². The molecule has 0 aliphatic carbocycles. The van der Waals surface area contributed by atoms with Crippen LogP contribution < -0.4 is 5.32 Å². The van der Waals surface area contributed by atoms with Crippen LogP contribution >= 0.6 is 69.2 Å². The van der Waals surface area contributed by atoms with Crippen molar-refractivity contribution in [1.82, 2.24) is 10.2 Å². The number of nitrogens with zero attached hydrogens (tertiary/aromatic N) is 1. The smallest absolute Gasteiger partial charge is 0.355 e. The Morgan fingerprint density at radius 3 is 2.38 bits per heavy atom. The van der Waals surface area contributed by atoms with Gasteiger partial charge in [-0.1, -0.05) is 118 Å². The number of carbonyl (C=O) groups is 3. The van der Waals surface area contributed by atoms with Gasteiger partial charge < -0.3 is 14.8 Å². The van der Waals surface area contributed by atoms with E-state index >= 15 is 0 Å². The zero-order valence-corrected chi connectivity index (χ0v) is 24.5. The third-order valence-corrected chi connectivity index (χ3v) is 8.25. The number of ether oxygens (including phenoxy) is 2. The molecular formula is C25H22Cl3IN2O5S. The van der Waals surface area contributed by atoms with Crippen LogP contribution in [-0.2, 0) is 30.5 Å². The molecule has 2 aliphatic rings. The van der Waals surface area contributed by atoms with Gasteiger partial charge in [-0.2, -0.15) is 0 Å². The Labute approximate surface area is 247 Å². The molecule has 196 valence electrons. The fourth-order valence-corrected chi connectivity index (χ4v) is 6.43. The molecule has 0 bridgehead atoms. The standard InChI is InChI=1S/C25H22Cl3IN2O5S/c26-25(27,28)14-36-24(34)19-17(11-29)13-37-23-18(22(33)31(19)23)30-21(32)20(16-9-5-2-6-10-16)35-12-15-7-3-1-4-8-15/h1-10,18,20,23H,11-14H2,(H,30,32)/t18?,20?,23-/m0/s1. The van der Waals surface area contributed by atoms with Gasteiger partial charge in [0.1, 0.15) is 23.7 Å². The summed E-state index contributed by atoms with van der Waals surface area (Å²) >= 11 is 20.7. The monoisotopic (exact) mass is 694 g/mol. The van der Waals surface area contributed by atoms with Gasteiger partial charge in [-0.3, -0.25) is 14.5 Å². The van der Waals surface area contributed by atoms with E-state index in [2.05, 4.69) is 27.9 Å². The molecule has 12 heteroatoms. The van der Waals surface area contributed by atoms with Crippen molar-refractivity contribution in [3.05, 3.63) is 83.1 Å². The molecule has 2 amide bonds. The summed E-state index contributed by atoms with van der Waals surface area (Å²) in [5.74, 6) is -1.10. The quantitative estimate of drug-likeness (QED) is 0.173. The Kier molecular flexibility index (Phi) is 9.68. The van der Waals surface area contributed by atoms with Crippen LogP contribution in [0.3, 0.4) is 0 Å². The van der Waals surface area contributed by atoms with E-state index in [0.29, 0.717) is 15.7 Å². The zero-order valence-electron chi connectivity index (χ0n) is 19.2. The number of hydrogen-bond acceptors (Lipinski definition) is 6. The second-order valence-corrected chi connectivity index (χ2v) is 12.6. The van der Waals surface area contributed by atoms with Gasteiger partial charge in [0.15, 0.2) is 6.10 Å². The number of thioether (sulfide) groups is 1. The van der Waals surface area contributed by atoms with Crippen molar-refractivity contribution >= 4 is 86.9 Å². The number of β-lactam (4-membered cyclic amide) rings is 1. The lowest BCUT2D eigenvalue weighted by Gasteiger charge is -2.49. The van der Waals surface area contributed by atoms with Crippen molar-refractivity contribution in [3.8, 4) is 0 Å². The third-order valence-electron chi connectivity index (χ3n) is 5.67. The molecule has 0 spiro atoms. The van der Waals surface area contributed by atoms with Crippen molar-refractivity contribution in [1.29, 1.82) is 0 Å². The largest absolute Gasteiger partial charge is 0.456 e. The number of fused-ring (bicyclic) bond motifs is 1. The van der Waals surface area contributed by atoms with Gasteiger partial charge in [0.2, 0.25) is 3.79 Å². The van der Waals surface area contributed by atoms with Crippen molar-refractivity contribution in [2.75, 3.05) is 16.8 Å². The van der Waals surface area contributed by atoms with Gasteiger partial charge in [-0.25, -0.2) is 4.79 Å². The van der Waals surface area contributed by atoms with Crippen LogP contribution in [-0.4, -0.2) is 54.7 Å². The third kappa shape index (κ3) is 6.93. The van der Waals surface area contributed by atoms with Gasteiger partial charge in [-0.15, -0.1) is 11.8 Å². The number of carbonyl (C=O) groups excluding carboxylic acids is 3. The number of hydrogen-bond donors (Lipinski definition) is 1. The Bertz CT molecular complexity index is 1180. The van der Waals surface area contributed by atoms with Crippen molar-refractivity contribution in [2.24, 2.45) is 0 Å². The molecular weight excluding hydrogens is 674 g/mol. The molecule has 37 heavy (non-hydrogen) atoms. The summed E-state index contributed by atoms with van der Waals surface area (Å²) in [6, 6.07) is 17.8. The van der Waals surface area contributed by atoms with E-state index in [-0.39, 0.29) is 12.3 Å². The molecule has 1 fully saturated rings. The number of rotatable bonds is 9. The van der Waals surface area contributed by atoms with Gasteiger partial charge in [0, 0.05) is 10.2 Å². The first-order valence-corrected chi connectivity index (χ1v) is 14.9. The Morgan fingerprint density at radius 2 is 1.76 bits per heavy atom. The molecule has 2 unspecified atom stereocenters. The van der Waals surface area contributed by atoms with Crippen molar-refractivity contribution in [3.63, 3.8) is 0 Å². The van der Waals surface area contributed by atoms with E-state index in [1.807, 2.05) is 48.5 Å². The highest BCUT2D eigenvalue weighted by Crippen LogP contribution is 2.41. The molecule has 2 aliphatic heterocycles. The van der Waals surface area contributed by atoms with Crippen LogP contribution in [0.25, 0.3) is 0 Å². The van der Waals surface area contributed by atoms with Crippen LogP contribution in [0.15, 0.2) is 71.9 Å². The predicted molar refractivity (Wildman–Crippen MR) is 153 cm³/mol. The van der Waals surface area contributed by atoms with E-state index in [0.717, 1.165) is 11.1 Å². The normalized spacial score (nSPS) is 20.1.